The fraction of sp³-hybridized carbons (Fsp3) is 0.0476. The Hall–Kier alpha value is -2.98. The molecule has 0 radical (unpaired) electrons. The molecule has 0 unspecified atom stereocenters. The first-order valence-corrected chi connectivity index (χ1v) is 8.41. The Kier molecular flexibility index (Phi) is 5.21. The van der Waals surface area contributed by atoms with Crippen LogP contribution in [0.5, 0.6) is 0 Å². The number of nitrogens with two attached hydrogens (primary N) is 1. The van der Waals surface area contributed by atoms with E-state index in [2.05, 4.69) is 10.3 Å². The summed E-state index contributed by atoms with van der Waals surface area (Å²) in [5.41, 5.74) is 11.5. The number of nitrogen functional groups attached to an aromatic ring is 1. The third-order valence-electron chi connectivity index (χ3n) is 3.75. The first kappa shape index (κ1) is 16.9. The van der Waals surface area contributed by atoms with E-state index in [1.165, 1.54) is 0 Å². The fourth-order valence-corrected chi connectivity index (χ4v) is 2.74. The van der Waals surface area contributed by atoms with Gasteiger partial charge in [0, 0.05) is 22.5 Å². The Balaban J connectivity index is 2.02. The quantitative estimate of drug-likeness (QED) is 0.407. The molecule has 0 amide bonds. The van der Waals surface area contributed by atoms with Gasteiger partial charge in [0.25, 0.3) is 0 Å². The van der Waals surface area contributed by atoms with Crippen molar-refractivity contribution in [2.45, 2.75) is 6.92 Å². The third-order valence-corrected chi connectivity index (χ3v) is 3.94. The molecule has 3 N–H and O–H groups in total. The Labute approximate surface area is 153 Å². The van der Waals surface area contributed by atoms with Gasteiger partial charge >= 0.3 is 0 Å². The van der Waals surface area contributed by atoms with Gasteiger partial charge in [-0.15, -0.1) is 0 Å². The molecule has 0 aliphatic carbocycles. The highest BCUT2D eigenvalue weighted by Crippen LogP contribution is 2.20. The van der Waals surface area contributed by atoms with Gasteiger partial charge in [0.05, 0.1) is 5.71 Å². The summed E-state index contributed by atoms with van der Waals surface area (Å²) < 4.78 is 0. The summed E-state index contributed by atoms with van der Waals surface area (Å²) in [6, 6.07) is 25.6. The van der Waals surface area contributed by atoms with Crippen LogP contribution in [0, 0.1) is 6.92 Å². The van der Waals surface area contributed by atoms with Crippen LogP contribution >= 0.6 is 12.2 Å². The number of hydrogen-bond donors (Lipinski definition) is 2. The molecule has 0 aliphatic rings. The summed E-state index contributed by atoms with van der Waals surface area (Å²) in [6.07, 6.45) is 0. The van der Waals surface area contributed by atoms with Gasteiger partial charge in [-0.2, -0.15) is 0 Å². The zero-order chi connectivity index (χ0) is 17.6. The standard InChI is InChI=1S/C21H19N3S/c1-15-12-13-19(22)18(14-15)20(16-8-4-2-5-9-16)24-21(25)23-17-10-6-3-7-11-17/h2-14H,22H2,1H3,(H,23,25)/b24-20-. The SMILES string of the molecule is Cc1ccc(N)c(/C(=N\C(=S)Nc2ccccc2)c2ccccc2)c1. The van der Waals surface area contributed by atoms with Crippen molar-refractivity contribution in [1.82, 2.24) is 0 Å². The van der Waals surface area contributed by atoms with Crippen LogP contribution in [-0.2, 0) is 0 Å². The van der Waals surface area contributed by atoms with Crippen molar-refractivity contribution in [2.75, 3.05) is 11.1 Å². The van der Waals surface area contributed by atoms with Crippen molar-refractivity contribution in [2.24, 2.45) is 4.99 Å². The Bertz CT molecular complexity index is 903. The molecule has 0 bridgehead atoms. The first-order chi connectivity index (χ1) is 12.1. The first-order valence-electron chi connectivity index (χ1n) is 8.00. The van der Waals surface area contributed by atoms with Crippen LogP contribution in [-0.4, -0.2) is 10.8 Å². The number of nitrogens with one attached hydrogen (secondary N) is 1. The van der Waals surface area contributed by atoms with Crippen molar-refractivity contribution < 1.29 is 0 Å². The maximum Gasteiger partial charge on any atom is 0.197 e. The van der Waals surface area contributed by atoms with Crippen LogP contribution in [0.25, 0.3) is 0 Å². The molecule has 0 spiro atoms. The van der Waals surface area contributed by atoms with Crippen LogP contribution in [0.15, 0.2) is 83.9 Å². The molecule has 0 atom stereocenters. The Morgan fingerprint density at radius 2 is 1.56 bits per heavy atom. The Morgan fingerprint density at radius 3 is 2.24 bits per heavy atom. The maximum atomic E-state index is 6.21. The summed E-state index contributed by atoms with van der Waals surface area (Å²) in [4.78, 5) is 4.67. The minimum absolute atomic E-state index is 0.394. The lowest BCUT2D eigenvalue weighted by Crippen LogP contribution is -2.13. The van der Waals surface area contributed by atoms with Gasteiger partial charge in [-0.25, -0.2) is 4.99 Å². The zero-order valence-corrected chi connectivity index (χ0v) is 14.8. The molecule has 25 heavy (non-hydrogen) atoms. The van der Waals surface area contributed by atoms with E-state index < -0.39 is 0 Å². The van der Waals surface area contributed by atoms with Crippen LogP contribution < -0.4 is 11.1 Å². The van der Waals surface area contributed by atoms with Crippen LogP contribution in [0.1, 0.15) is 16.7 Å². The topological polar surface area (TPSA) is 50.4 Å². The predicted octanol–water partition coefficient (Wildman–Crippen LogP) is 4.81. The van der Waals surface area contributed by atoms with Crippen molar-refractivity contribution in [3.05, 3.63) is 95.6 Å². The third kappa shape index (κ3) is 4.31. The number of hydrogen-bond acceptors (Lipinski definition) is 2. The van der Waals surface area contributed by atoms with Gasteiger partial charge < -0.3 is 11.1 Å². The van der Waals surface area contributed by atoms with Crippen LogP contribution in [0.2, 0.25) is 0 Å². The second kappa shape index (κ2) is 7.73. The van der Waals surface area contributed by atoms with Crippen molar-refractivity contribution in [3.8, 4) is 0 Å². The van der Waals surface area contributed by atoms with Gasteiger partial charge in [0.2, 0.25) is 0 Å². The Morgan fingerprint density at radius 1 is 0.920 bits per heavy atom. The van der Waals surface area contributed by atoms with Crippen molar-refractivity contribution in [3.63, 3.8) is 0 Å². The van der Waals surface area contributed by atoms with Crippen molar-refractivity contribution in [1.29, 1.82) is 0 Å². The van der Waals surface area contributed by atoms with Gasteiger partial charge in [0.1, 0.15) is 0 Å². The minimum Gasteiger partial charge on any atom is -0.398 e. The highest BCUT2D eigenvalue weighted by atomic mass is 32.1. The van der Waals surface area contributed by atoms with E-state index in [-0.39, 0.29) is 0 Å². The van der Waals surface area contributed by atoms with E-state index in [0.717, 1.165) is 28.1 Å². The summed E-state index contributed by atoms with van der Waals surface area (Å²) in [5, 5.41) is 3.54. The molecule has 0 heterocycles. The largest absolute Gasteiger partial charge is 0.398 e. The van der Waals surface area contributed by atoms with E-state index in [1.54, 1.807) is 0 Å². The number of benzene rings is 3. The fourth-order valence-electron chi connectivity index (χ4n) is 2.53. The number of aryl methyl sites for hydroxylation is 1. The van der Waals surface area contributed by atoms with Crippen LogP contribution in [0.3, 0.4) is 0 Å². The molecular formula is C21H19N3S. The molecule has 3 aromatic carbocycles. The van der Waals surface area contributed by atoms with E-state index in [4.69, 9.17) is 18.0 Å². The highest BCUT2D eigenvalue weighted by Gasteiger charge is 2.12. The van der Waals surface area contributed by atoms with Gasteiger partial charge in [-0.3, -0.25) is 0 Å². The molecule has 4 heteroatoms. The number of rotatable bonds is 3. The second-order valence-electron chi connectivity index (χ2n) is 5.71. The number of nitrogens with zero attached hydrogens (tertiary/aromatic N) is 1. The van der Waals surface area contributed by atoms with E-state index in [1.807, 2.05) is 85.8 Å². The number of thiocarbonyl (C=S) groups is 1. The lowest BCUT2D eigenvalue weighted by atomic mass is 9.99. The van der Waals surface area contributed by atoms with Crippen molar-refractivity contribution >= 4 is 34.4 Å². The summed E-state index contributed by atoms with van der Waals surface area (Å²) >= 11 is 5.45. The maximum absolute atomic E-state index is 6.21. The number of anilines is 2. The summed E-state index contributed by atoms with van der Waals surface area (Å²) in [6.45, 7) is 2.03. The smallest absolute Gasteiger partial charge is 0.197 e. The minimum atomic E-state index is 0.394. The molecule has 0 saturated carbocycles. The highest BCUT2D eigenvalue weighted by molar-refractivity contribution is 7.80. The average molecular weight is 345 g/mol. The van der Waals surface area contributed by atoms with Crippen LogP contribution in [0.4, 0.5) is 11.4 Å². The lowest BCUT2D eigenvalue weighted by molar-refractivity contribution is 1.44. The summed E-state index contributed by atoms with van der Waals surface area (Å²) in [7, 11) is 0. The molecule has 3 rings (SSSR count). The van der Waals surface area contributed by atoms with E-state index in [0.29, 0.717) is 10.8 Å². The monoisotopic (exact) mass is 345 g/mol. The molecule has 0 aliphatic heterocycles. The lowest BCUT2D eigenvalue weighted by Gasteiger charge is -2.12. The predicted molar refractivity (Wildman–Crippen MR) is 110 cm³/mol. The second-order valence-corrected chi connectivity index (χ2v) is 6.10. The number of aliphatic imine (C=N–C) groups is 1. The molecule has 3 nitrogen and oxygen atoms in total. The molecule has 124 valence electrons. The van der Waals surface area contributed by atoms with Gasteiger partial charge in [0.15, 0.2) is 5.11 Å². The molecular weight excluding hydrogens is 326 g/mol. The number of para-hydroxylation sites is 1. The average Bonchev–Trinajstić information content (AvgIpc) is 2.63. The normalized spacial score (nSPS) is 11.2. The molecule has 3 aromatic rings. The zero-order valence-electron chi connectivity index (χ0n) is 13.9. The molecule has 0 aromatic heterocycles. The molecule has 0 saturated heterocycles. The van der Waals surface area contributed by atoms with E-state index >= 15 is 0 Å². The van der Waals surface area contributed by atoms with Gasteiger partial charge in [-0.1, -0.05) is 60.2 Å². The molecule has 0 fully saturated rings. The van der Waals surface area contributed by atoms with Gasteiger partial charge in [-0.05, 0) is 43.4 Å². The summed E-state index contributed by atoms with van der Waals surface area (Å²) in [5.74, 6) is 0. The van der Waals surface area contributed by atoms with E-state index in [9.17, 15) is 0 Å².